The maximum Gasteiger partial charge on any atom is 0.417 e. The second kappa shape index (κ2) is 8.48. The SMILES string of the molecule is Cc1ccc2c(ccc3sc4c(c32)N(C(=O)OC(C)(C)C)C[C@@H](C)N(C(=O)OC(C)(C)C)C4=O)n1. The predicted molar refractivity (Wildman–Crippen MR) is 137 cm³/mol. The van der Waals surface area contributed by atoms with Crippen molar-refractivity contribution in [3.05, 3.63) is 34.8 Å². The maximum absolute atomic E-state index is 13.8. The molecule has 1 atom stereocenters. The second-order valence-corrected chi connectivity index (χ2v) is 11.9. The van der Waals surface area contributed by atoms with Crippen molar-refractivity contribution < 1.29 is 23.9 Å². The van der Waals surface area contributed by atoms with Crippen LogP contribution in [0.25, 0.3) is 21.0 Å². The highest BCUT2D eigenvalue weighted by Crippen LogP contribution is 2.45. The van der Waals surface area contributed by atoms with Crippen LogP contribution in [0.5, 0.6) is 0 Å². The number of benzene rings is 1. The molecule has 1 aromatic carbocycles. The van der Waals surface area contributed by atoms with Gasteiger partial charge in [-0.2, -0.15) is 0 Å². The smallest absolute Gasteiger partial charge is 0.417 e. The van der Waals surface area contributed by atoms with Crippen molar-refractivity contribution in [2.75, 3.05) is 11.4 Å². The summed E-state index contributed by atoms with van der Waals surface area (Å²) in [6.45, 7) is 14.3. The number of hydrogen-bond donors (Lipinski definition) is 0. The largest absolute Gasteiger partial charge is 0.443 e. The molecule has 2 aromatic heterocycles. The van der Waals surface area contributed by atoms with Crippen LogP contribution in [-0.4, -0.2) is 51.8 Å². The topological polar surface area (TPSA) is 89.0 Å². The van der Waals surface area contributed by atoms with Crippen LogP contribution >= 0.6 is 11.3 Å². The molecule has 3 amide bonds. The normalized spacial score (nSPS) is 16.9. The number of amides is 3. The number of thiophene rings is 1. The van der Waals surface area contributed by atoms with Gasteiger partial charge in [0.15, 0.2) is 0 Å². The van der Waals surface area contributed by atoms with Crippen LogP contribution in [0.15, 0.2) is 24.3 Å². The number of fused-ring (bicyclic) bond motifs is 5. The highest BCUT2D eigenvalue weighted by molar-refractivity contribution is 7.21. The molecule has 0 N–H and O–H groups in total. The maximum atomic E-state index is 13.8. The van der Waals surface area contributed by atoms with Crippen LogP contribution in [0.4, 0.5) is 15.3 Å². The highest BCUT2D eigenvalue weighted by Gasteiger charge is 2.42. The van der Waals surface area contributed by atoms with E-state index in [0.717, 1.165) is 31.6 Å². The van der Waals surface area contributed by atoms with E-state index in [4.69, 9.17) is 9.47 Å². The summed E-state index contributed by atoms with van der Waals surface area (Å²) in [5, 5.41) is 1.57. The molecule has 186 valence electrons. The molecule has 0 aliphatic carbocycles. The lowest BCUT2D eigenvalue weighted by Crippen LogP contribution is -2.49. The first-order valence-electron chi connectivity index (χ1n) is 11.6. The number of aryl methyl sites for hydroxylation is 1. The summed E-state index contributed by atoms with van der Waals surface area (Å²) >= 11 is 1.24. The number of imide groups is 1. The lowest BCUT2D eigenvalue weighted by atomic mass is 10.1. The first-order chi connectivity index (χ1) is 16.2. The zero-order valence-electron chi connectivity index (χ0n) is 21.4. The third kappa shape index (κ3) is 4.82. The third-order valence-electron chi connectivity index (χ3n) is 5.41. The van der Waals surface area contributed by atoms with Gasteiger partial charge in [0.2, 0.25) is 0 Å². The van der Waals surface area contributed by atoms with E-state index >= 15 is 0 Å². The summed E-state index contributed by atoms with van der Waals surface area (Å²) in [7, 11) is 0. The van der Waals surface area contributed by atoms with Gasteiger partial charge in [-0.15, -0.1) is 11.3 Å². The zero-order valence-corrected chi connectivity index (χ0v) is 22.2. The molecule has 0 saturated heterocycles. The Morgan fingerprint density at radius 2 is 1.63 bits per heavy atom. The Kier molecular flexibility index (Phi) is 6.03. The van der Waals surface area contributed by atoms with Crippen molar-refractivity contribution in [2.45, 2.75) is 72.6 Å². The summed E-state index contributed by atoms with van der Waals surface area (Å²) in [6.07, 6.45) is -1.33. The van der Waals surface area contributed by atoms with Crippen LogP contribution in [0.1, 0.15) is 63.8 Å². The molecular formula is C26H31N3O5S. The van der Waals surface area contributed by atoms with Crippen LogP contribution in [0.2, 0.25) is 0 Å². The second-order valence-electron chi connectivity index (χ2n) is 10.8. The van der Waals surface area contributed by atoms with E-state index in [9.17, 15) is 14.4 Å². The van der Waals surface area contributed by atoms with Gasteiger partial charge in [0.05, 0.1) is 23.8 Å². The summed E-state index contributed by atoms with van der Waals surface area (Å²) in [4.78, 5) is 47.9. The Bertz CT molecular complexity index is 1350. The molecule has 9 heteroatoms. The van der Waals surface area contributed by atoms with Gasteiger partial charge in [0.25, 0.3) is 5.91 Å². The first-order valence-corrected chi connectivity index (χ1v) is 12.4. The van der Waals surface area contributed by atoms with E-state index in [1.165, 1.54) is 16.2 Å². The average Bonchev–Trinajstić information content (AvgIpc) is 3.04. The number of hydrogen-bond acceptors (Lipinski definition) is 7. The molecule has 0 spiro atoms. The Morgan fingerprint density at radius 3 is 2.26 bits per heavy atom. The van der Waals surface area contributed by atoms with Crippen molar-refractivity contribution in [2.24, 2.45) is 0 Å². The van der Waals surface area contributed by atoms with E-state index in [-0.39, 0.29) is 11.4 Å². The van der Waals surface area contributed by atoms with E-state index in [2.05, 4.69) is 4.98 Å². The summed E-state index contributed by atoms with van der Waals surface area (Å²) < 4.78 is 12.1. The third-order valence-corrected chi connectivity index (χ3v) is 6.54. The molecule has 1 aliphatic rings. The van der Waals surface area contributed by atoms with Crippen molar-refractivity contribution in [3.8, 4) is 0 Å². The van der Waals surface area contributed by atoms with Gasteiger partial charge in [-0.05, 0) is 73.6 Å². The minimum absolute atomic E-state index is 0.0639. The van der Waals surface area contributed by atoms with Gasteiger partial charge < -0.3 is 9.47 Å². The predicted octanol–water partition coefficient (Wildman–Crippen LogP) is 6.28. The van der Waals surface area contributed by atoms with Crippen LogP contribution in [0.3, 0.4) is 0 Å². The number of ether oxygens (including phenoxy) is 2. The molecule has 4 rings (SSSR count). The van der Waals surface area contributed by atoms with E-state index in [1.807, 2.05) is 31.2 Å². The van der Waals surface area contributed by atoms with E-state index in [0.29, 0.717) is 5.69 Å². The van der Waals surface area contributed by atoms with Crippen molar-refractivity contribution in [1.29, 1.82) is 0 Å². The Balaban J connectivity index is 1.97. The van der Waals surface area contributed by atoms with Crippen LogP contribution < -0.4 is 4.90 Å². The van der Waals surface area contributed by atoms with E-state index in [1.54, 1.807) is 48.5 Å². The molecule has 1 aliphatic heterocycles. The van der Waals surface area contributed by atoms with Crippen LogP contribution in [-0.2, 0) is 9.47 Å². The molecule has 35 heavy (non-hydrogen) atoms. The number of aromatic nitrogens is 1. The number of nitrogens with zero attached hydrogens (tertiary/aromatic N) is 3. The number of anilines is 1. The fourth-order valence-corrected chi connectivity index (χ4v) is 5.25. The molecule has 0 bridgehead atoms. The van der Waals surface area contributed by atoms with Crippen molar-refractivity contribution in [1.82, 2.24) is 9.88 Å². The van der Waals surface area contributed by atoms with Gasteiger partial charge in [-0.25, -0.2) is 14.5 Å². The van der Waals surface area contributed by atoms with Gasteiger partial charge >= 0.3 is 12.2 Å². The summed E-state index contributed by atoms with van der Waals surface area (Å²) in [5.41, 5.74) is 0.544. The summed E-state index contributed by atoms with van der Waals surface area (Å²) in [6, 6.07) is 7.00. The minimum atomic E-state index is -0.781. The lowest BCUT2D eigenvalue weighted by Gasteiger charge is -2.31. The monoisotopic (exact) mass is 497 g/mol. The molecule has 3 aromatic rings. The molecular weight excluding hydrogens is 466 g/mol. The Morgan fingerprint density at radius 1 is 1.00 bits per heavy atom. The molecule has 0 saturated carbocycles. The lowest BCUT2D eigenvalue weighted by molar-refractivity contribution is 0.0182. The minimum Gasteiger partial charge on any atom is -0.443 e. The first kappa shape index (κ1) is 24.9. The fourth-order valence-electron chi connectivity index (χ4n) is 4.09. The van der Waals surface area contributed by atoms with Gasteiger partial charge in [0, 0.05) is 21.2 Å². The average molecular weight is 498 g/mol. The van der Waals surface area contributed by atoms with E-state index < -0.39 is 35.3 Å². The zero-order chi connectivity index (χ0) is 25.9. The molecule has 0 fully saturated rings. The quantitative estimate of drug-likeness (QED) is 0.363. The van der Waals surface area contributed by atoms with Crippen LogP contribution in [0, 0.1) is 6.92 Å². The Labute approximate surface area is 208 Å². The number of rotatable bonds is 0. The van der Waals surface area contributed by atoms with Gasteiger partial charge in [-0.3, -0.25) is 14.7 Å². The molecule has 8 nitrogen and oxygen atoms in total. The molecule has 0 radical (unpaired) electrons. The number of carbonyl (C=O) groups is 3. The fraction of sp³-hybridized carbons (Fsp3) is 0.462. The van der Waals surface area contributed by atoms with Crippen molar-refractivity contribution >= 4 is 56.1 Å². The van der Waals surface area contributed by atoms with Gasteiger partial charge in [-0.1, -0.05) is 6.07 Å². The Hall–Kier alpha value is -3.20. The number of carbonyl (C=O) groups excluding carboxylic acids is 3. The van der Waals surface area contributed by atoms with Crippen molar-refractivity contribution in [3.63, 3.8) is 0 Å². The van der Waals surface area contributed by atoms with Gasteiger partial charge in [0.1, 0.15) is 16.1 Å². The summed E-state index contributed by atoms with van der Waals surface area (Å²) in [5.74, 6) is -0.498. The molecule has 0 unspecified atom stereocenters. The highest BCUT2D eigenvalue weighted by atomic mass is 32.1. The molecule has 3 heterocycles. The standard InChI is InChI=1S/C26H31N3O5S/c1-14-9-10-16-17(27-14)11-12-18-19(16)20-21(35-18)22(30)29(24(32)34-26(6,7)8)15(2)13-28(20)23(31)33-25(3,4)5/h9-12,15H,13H2,1-8H3/t15-/m1/s1. The number of pyridine rings is 1.